The molecule has 2 aromatic heterocycles. The first-order valence-corrected chi connectivity index (χ1v) is 9.17. The Kier molecular flexibility index (Phi) is 5.76. The maximum absolute atomic E-state index is 13.3. The lowest BCUT2D eigenvalue weighted by atomic mass is 10.1. The molecule has 0 spiro atoms. The molecule has 2 heterocycles. The topological polar surface area (TPSA) is 77.3 Å². The Bertz CT molecular complexity index is 912. The number of nitrogens with two attached hydrogens (primary N) is 1. The number of hydrogen-bond acceptors (Lipinski definition) is 4. The summed E-state index contributed by atoms with van der Waals surface area (Å²) in [4.78, 5) is 15.2. The maximum atomic E-state index is 13.3. The van der Waals surface area contributed by atoms with Crippen LogP contribution >= 0.6 is 0 Å². The fraction of sp³-hybridized carbons (Fsp3) is 0.333. The molecule has 1 amide bonds. The zero-order valence-corrected chi connectivity index (χ0v) is 16.1. The predicted molar refractivity (Wildman–Crippen MR) is 105 cm³/mol. The molecule has 3 rings (SSSR count). The standard InChI is InChI=1S/C21H26N4O2/c1-15-12-19(17(3)25(15)20-13-16(2)27-23-20)21(26)24(11-7-10-22)14-18-8-5-4-6-9-18/h4-6,8-9,12-13H,7,10-11,14,22H2,1-3H3. The van der Waals surface area contributed by atoms with Gasteiger partial charge in [-0.25, -0.2) is 0 Å². The van der Waals surface area contributed by atoms with Crippen LogP contribution in [0.4, 0.5) is 0 Å². The monoisotopic (exact) mass is 366 g/mol. The summed E-state index contributed by atoms with van der Waals surface area (Å²) in [6.45, 7) is 7.49. The maximum Gasteiger partial charge on any atom is 0.255 e. The van der Waals surface area contributed by atoms with Gasteiger partial charge in [-0.15, -0.1) is 0 Å². The zero-order valence-electron chi connectivity index (χ0n) is 16.1. The molecule has 1 aromatic carbocycles. The molecule has 0 radical (unpaired) electrons. The third-order valence-corrected chi connectivity index (χ3v) is 4.64. The van der Waals surface area contributed by atoms with E-state index in [0.717, 1.165) is 29.1 Å². The van der Waals surface area contributed by atoms with Gasteiger partial charge in [0.05, 0.1) is 5.56 Å². The van der Waals surface area contributed by atoms with Crippen LogP contribution in [0.25, 0.3) is 5.82 Å². The number of hydrogen-bond donors (Lipinski definition) is 1. The fourth-order valence-corrected chi connectivity index (χ4v) is 3.30. The summed E-state index contributed by atoms with van der Waals surface area (Å²) in [6, 6.07) is 13.8. The first-order valence-electron chi connectivity index (χ1n) is 9.17. The minimum Gasteiger partial charge on any atom is -0.360 e. The molecule has 0 saturated heterocycles. The SMILES string of the molecule is Cc1cc(-n2c(C)cc(C(=O)N(CCCN)Cc3ccccc3)c2C)no1. The van der Waals surface area contributed by atoms with E-state index in [-0.39, 0.29) is 5.91 Å². The molecule has 0 atom stereocenters. The molecule has 27 heavy (non-hydrogen) atoms. The van der Waals surface area contributed by atoms with E-state index in [1.54, 1.807) is 0 Å². The third-order valence-electron chi connectivity index (χ3n) is 4.64. The molecular weight excluding hydrogens is 340 g/mol. The first-order chi connectivity index (χ1) is 13.0. The highest BCUT2D eigenvalue weighted by Crippen LogP contribution is 2.22. The van der Waals surface area contributed by atoms with Crippen molar-refractivity contribution in [3.05, 3.63) is 70.7 Å². The Balaban J connectivity index is 1.91. The third kappa shape index (κ3) is 4.11. The Labute approximate surface area is 159 Å². The van der Waals surface area contributed by atoms with Crippen molar-refractivity contribution in [2.24, 2.45) is 5.73 Å². The van der Waals surface area contributed by atoms with E-state index < -0.39 is 0 Å². The summed E-state index contributed by atoms with van der Waals surface area (Å²) in [5.41, 5.74) is 9.27. The van der Waals surface area contributed by atoms with Crippen molar-refractivity contribution in [3.8, 4) is 5.82 Å². The van der Waals surface area contributed by atoms with Gasteiger partial charge in [-0.2, -0.15) is 0 Å². The smallest absolute Gasteiger partial charge is 0.255 e. The van der Waals surface area contributed by atoms with Crippen LogP contribution in [0.3, 0.4) is 0 Å². The number of aromatic nitrogens is 2. The van der Waals surface area contributed by atoms with E-state index in [9.17, 15) is 4.79 Å². The van der Waals surface area contributed by atoms with E-state index in [4.69, 9.17) is 10.3 Å². The van der Waals surface area contributed by atoms with Crippen LogP contribution in [0.15, 0.2) is 47.0 Å². The number of rotatable bonds is 7. The number of aryl methyl sites for hydroxylation is 2. The quantitative estimate of drug-likeness (QED) is 0.695. The second kappa shape index (κ2) is 8.22. The van der Waals surface area contributed by atoms with Crippen molar-refractivity contribution < 1.29 is 9.32 Å². The van der Waals surface area contributed by atoms with Gasteiger partial charge in [0, 0.05) is 30.5 Å². The van der Waals surface area contributed by atoms with Gasteiger partial charge in [0.15, 0.2) is 5.82 Å². The van der Waals surface area contributed by atoms with E-state index in [0.29, 0.717) is 31.0 Å². The second-order valence-corrected chi connectivity index (χ2v) is 6.77. The predicted octanol–water partition coefficient (Wildman–Crippen LogP) is 3.38. The van der Waals surface area contributed by atoms with Gasteiger partial charge in [0.25, 0.3) is 5.91 Å². The summed E-state index contributed by atoms with van der Waals surface area (Å²) < 4.78 is 7.15. The van der Waals surface area contributed by atoms with E-state index >= 15 is 0 Å². The fourth-order valence-electron chi connectivity index (χ4n) is 3.30. The van der Waals surface area contributed by atoms with Crippen molar-refractivity contribution >= 4 is 5.91 Å². The molecule has 0 aliphatic carbocycles. The molecule has 142 valence electrons. The van der Waals surface area contributed by atoms with E-state index in [1.165, 1.54) is 0 Å². The van der Waals surface area contributed by atoms with Crippen LogP contribution in [0.2, 0.25) is 0 Å². The zero-order chi connectivity index (χ0) is 19.4. The molecule has 0 aliphatic heterocycles. The van der Waals surface area contributed by atoms with Crippen molar-refractivity contribution in [3.63, 3.8) is 0 Å². The molecule has 6 nitrogen and oxygen atoms in total. The van der Waals surface area contributed by atoms with Crippen LogP contribution in [0, 0.1) is 20.8 Å². The van der Waals surface area contributed by atoms with E-state index in [2.05, 4.69) is 5.16 Å². The molecule has 0 fully saturated rings. The largest absolute Gasteiger partial charge is 0.360 e. The Morgan fingerprint density at radius 3 is 2.56 bits per heavy atom. The lowest BCUT2D eigenvalue weighted by molar-refractivity contribution is 0.0741. The highest BCUT2D eigenvalue weighted by atomic mass is 16.5. The van der Waals surface area contributed by atoms with Crippen LogP contribution in [0.1, 0.15) is 39.5 Å². The summed E-state index contributed by atoms with van der Waals surface area (Å²) in [6.07, 6.45) is 0.764. The van der Waals surface area contributed by atoms with Crippen LogP contribution in [-0.2, 0) is 6.54 Å². The summed E-state index contributed by atoms with van der Waals surface area (Å²) in [5.74, 6) is 1.43. The number of benzene rings is 1. The van der Waals surface area contributed by atoms with Gasteiger partial charge >= 0.3 is 0 Å². The lowest BCUT2D eigenvalue weighted by Gasteiger charge is -2.23. The Hall–Kier alpha value is -2.86. The van der Waals surface area contributed by atoms with Crippen molar-refractivity contribution in [2.75, 3.05) is 13.1 Å². The first kappa shape index (κ1) is 18.9. The molecule has 0 bridgehead atoms. The second-order valence-electron chi connectivity index (χ2n) is 6.77. The van der Waals surface area contributed by atoms with Gasteiger partial charge in [-0.1, -0.05) is 35.5 Å². The number of amides is 1. The van der Waals surface area contributed by atoms with Gasteiger partial charge in [-0.05, 0) is 45.4 Å². The molecular formula is C21H26N4O2. The van der Waals surface area contributed by atoms with Gasteiger partial charge < -0.3 is 15.2 Å². The van der Waals surface area contributed by atoms with Crippen LogP contribution in [0.5, 0.6) is 0 Å². The average Bonchev–Trinajstić information content (AvgIpc) is 3.21. The number of nitrogens with zero attached hydrogens (tertiary/aromatic N) is 3. The van der Waals surface area contributed by atoms with E-state index in [1.807, 2.05) is 72.7 Å². The van der Waals surface area contributed by atoms with Crippen molar-refractivity contribution in [1.82, 2.24) is 14.6 Å². The summed E-state index contributed by atoms with van der Waals surface area (Å²) in [5, 5.41) is 4.09. The minimum atomic E-state index is 0.00636. The molecule has 0 aliphatic rings. The van der Waals surface area contributed by atoms with Crippen LogP contribution < -0.4 is 5.73 Å². The van der Waals surface area contributed by atoms with Gasteiger partial charge in [-0.3, -0.25) is 9.36 Å². The van der Waals surface area contributed by atoms with Gasteiger partial charge in [0.1, 0.15) is 5.76 Å². The lowest BCUT2D eigenvalue weighted by Crippen LogP contribution is -2.32. The number of carbonyl (C=O) groups is 1. The van der Waals surface area contributed by atoms with Crippen molar-refractivity contribution in [2.45, 2.75) is 33.7 Å². The molecule has 0 saturated carbocycles. The molecule has 3 aromatic rings. The highest BCUT2D eigenvalue weighted by molar-refractivity contribution is 5.96. The Morgan fingerprint density at radius 1 is 1.19 bits per heavy atom. The molecule has 6 heteroatoms. The summed E-state index contributed by atoms with van der Waals surface area (Å²) in [7, 11) is 0. The molecule has 0 unspecified atom stereocenters. The van der Waals surface area contributed by atoms with Crippen LogP contribution in [-0.4, -0.2) is 33.6 Å². The summed E-state index contributed by atoms with van der Waals surface area (Å²) >= 11 is 0. The highest BCUT2D eigenvalue weighted by Gasteiger charge is 2.23. The molecule has 2 N–H and O–H groups in total. The normalized spacial score (nSPS) is 11.0. The van der Waals surface area contributed by atoms with Gasteiger partial charge in [0.2, 0.25) is 0 Å². The average molecular weight is 366 g/mol. The van der Waals surface area contributed by atoms with Crippen molar-refractivity contribution in [1.29, 1.82) is 0 Å². The number of carbonyl (C=O) groups excluding carboxylic acids is 1. The minimum absolute atomic E-state index is 0.00636. The Morgan fingerprint density at radius 2 is 1.93 bits per heavy atom.